The number of benzene rings is 4. The molecule has 1 fully saturated rings. The van der Waals surface area contributed by atoms with Gasteiger partial charge in [0.05, 0.1) is 65.1 Å². The molecule has 1 saturated heterocycles. The second kappa shape index (κ2) is 40.9. The lowest BCUT2D eigenvalue weighted by Crippen LogP contribution is -2.28. The van der Waals surface area contributed by atoms with Crippen LogP contribution >= 0.6 is 91.8 Å². The van der Waals surface area contributed by atoms with E-state index in [1.165, 1.54) is 99.5 Å². The predicted octanol–water partition coefficient (Wildman–Crippen LogP) is 16.1. The highest BCUT2D eigenvalue weighted by Crippen LogP contribution is 2.31. The normalized spacial score (nSPS) is 11.5. The second-order valence-corrected chi connectivity index (χ2v) is 29.6. The van der Waals surface area contributed by atoms with E-state index in [1.54, 1.807) is 88.3 Å². The van der Waals surface area contributed by atoms with E-state index >= 15 is 0 Å². The van der Waals surface area contributed by atoms with E-state index in [0.29, 0.717) is 60.1 Å². The largest absolute Gasteiger partial charge is 0.384 e. The van der Waals surface area contributed by atoms with Crippen molar-refractivity contribution >= 4 is 208 Å². The minimum atomic E-state index is -0.822. The summed E-state index contributed by atoms with van der Waals surface area (Å²) in [5, 5.41) is 44.5. The van der Waals surface area contributed by atoms with E-state index in [9.17, 15) is 55.9 Å². The van der Waals surface area contributed by atoms with Crippen molar-refractivity contribution < 1.29 is 55.9 Å². The van der Waals surface area contributed by atoms with Crippen LogP contribution in [0.1, 0.15) is 115 Å². The fourth-order valence-corrected chi connectivity index (χ4v) is 13.8. The van der Waals surface area contributed by atoms with E-state index in [-0.39, 0.29) is 93.4 Å². The number of hydrogen-bond acceptors (Lipinski definition) is 20. The number of aliphatic imine (C=N–C) groups is 2. The molecule has 0 radical (unpaired) electrons. The molecule has 28 nitrogen and oxygen atoms in total. The third-order valence-electron chi connectivity index (χ3n) is 16.3. The van der Waals surface area contributed by atoms with Crippen LogP contribution in [0.25, 0.3) is 0 Å². The van der Waals surface area contributed by atoms with E-state index in [1.807, 2.05) is 4.90 Å². The van der Waals surface area contributed by atoms with Crippen molar-refractivity contribution in [1.29, 1.82) is 10.8 Å². The highest BCUT2D eigenvalue weighted by molar-refractivity contribution is 7.14. The lowest BCUT2D eigenvalue weighted by molar-refractivity contribution is 0.101. The summed E-state index contributed by atoms with van der Waals surface area (Å²) >= 11 is 27.6. The van der Waals surface area contributed by atoms with Gasteiger partial charge >= 0.3 is 0 Å². The lowest BCUT2D eigenvalue weighted by atomic mass is 10.1. The summed E-state index contributed by atoms with van der Waals surface area (Å²) < 4.78 is 57.5. The molecule has 8 amide bonds. The molecule has 0 unspecified atom stereocenters. The van der Waals surface area contributed by atoms with Crippen molar-refractivity contribution in [2.45, 2.75) is 12.8 Å². The van der Waals surface area contributed by atoms with E-state index in [4.69, 9.17) is 74.4 Å². The van der Waals surface area contributed by atoms with Gasteiger partial charge < -0.3 is 64.6 Å². The van der Waals surface area contributed by atoms with Crippen LogP contribution in [-0.2, 0) is 0 Å². The monoisotopic (exact) mass is 1750 g/mol. The Bertz CT molecular complexity index is 5680. The summed E-state index contributed by atoms with van der Waals surface area (Å²) in [7, 11) is 2.97. The number of nitrogens with zero attached hydrogens (tertiary/aromatic N) is 7. The Hall–Kier alpha value is -13.2. The molecule has 1 aliphatic heterocycles. The average Bonchev–Trinajstić information content (AvgIpc) is 1.47. The molecular weight excluding hydrogens is 1690 g/mol. The molecule has 40 heteroatoms. The van der Waals surface area contributed by atoms with Gasteiger partial charge in [0.2, 0.25) is 0 Å². The number of thiophene rings is 4. The summed E-state index contributed by atoms with van der Waals surface area (Å²) in [4.78, 5) is 126. The summed E-state index contributed by atoms with van der Waals surface area (Å²) in [6, 6.07) is 34.3. The van der Waals surface area contributed by atoms with Crippen LogP contribution < -0.4 is 59.7 Å². The molecule has 602 valence electrons. The molecule has 0 spiro atoms. The van der Waals surface area contributed by atoms with E-state index in [0.717, 1.165) is 89.5 Å². The van der Waals surface area contributed by atoms with Gasteiger partial charge in [0, 0.05) is 74.2 Å². The van der Waals surface area contributed by atoms with E-state index < -0.39 is 70.5 Å². The highest BCUT2D eigenvalue weighted by Gasteiger charge is 2.26. The lowest BCUT2D eigenvalue weighted by Gasteiger charge is -2.18. The van der Waals surface area contributed by atoms with Crippen molar-refractivity contribution in [3.05, 3.63) is 299 Å². The molecule has 1 aliphatic rings. The second-order valence-electron chi connectivity index (χ2n) is 24.2. The number of pyridine rings is 4. The quantitative estimate of drug-likeness (QED) is 0.0191. The number of aromatic nitrogens is 4. The van der Waals surface area contributed by atoms with Gasteiger partial charge in [-0.1, -0.05) is 70.7 Å². The zero-order valence-corrected chi connectivity index (χ0v) is 67.4. The maximum atomic E-state index is 14.7. The maximum absolute atomic E-state index is 14.7. The third kappa shape index (κ3) is 23.3. The molecule has 9 heterocycles. The number of carbonyl (C=O) groups excluding carboxylic acids is 8. The maximum Gasteiger partial charge on any atom is 0.269 e. The molecule has 8 aromatic heterocycles. The molecule has 0 atom stereocenters. The summed E-state index contributed by atoms with van der Waals surface area (Å²) in [6.45, 7) is 1.55. The zero-order chi connectivity index (χ0) is 84.9. The van der Waals surface area contributed by atoms with Crippen LogP contribution in [0.2, 0.25) is 20.1 Å². The van der Waals surface area contributed by atoms with Crippen LogP contribution in [0.4, 0.5) is 63.6 Å². The fourth-order valence-electron chi connectivity index (χ4n) is 10.4. The zero-order valence-electron chi connectivity index (χ0n) is 61.1. The summed E-state index contributed by atoms with van der Waals surface area (Å²) in [5.74, 6) is -6.25. The number of halogens is 8. The van der Waals surface area contributed by atoms with Crippen molar-refractivity contribution in [2.24, 2.45) is 27.2 Å². The Morgan fingerprint density at radius 1 is 0.364 bits per heavy atom. The van der Waals surface area contributed by atoms with Gasteiger partial charge in [-0.3, -0.25) is 59.2 Å². The van der Waals surface area contributed by atoms with Gasteiger partial charge in [0.15, 0.2) is 0 Å². The number of amidine groups is 4. The van der Waals surface area contributed by atoms with Gasteiger partial charge in [0.25, 0.3) is 47.3 Å². The molecule has 118 heavy (non-hydrogen) atoms. The summed E-state index contributed by atoms with van der Waals surface area (Å²) in [5.41, 5.74) is 18.2. The number of hydrogen-bond donors (Lipinski definition) is 13. The van der Waals surface area contributed by atoms with Gasteiger partial charge in [-0.2, -0.15) is 0 Å². The molecule has 13 rings (SSSR count). The molecular formula is C78H62Cl4F4N20O8S4. The van der Waals surface area contributed by atoms with Crippen LogP contribution in [0.3, 0.4) is 0 Å². The smallest absolute Gasteiger partial charge is 0.269 e. The number of nitrogens with two attached hydrogens (primary N) is 3. The molecule has 4 aromatic carbocycles. The third-order valence-corrected chi connectivity index (χ3v) is 20.8. The first-order valence-corrected chi connectivity index (χ1v) is 39.2. The molecule has 16 N–H and O–H groups in total. The summed E-state index contributed by atoms with van der Waals surface area (Å²) in [6.07, 6.45) is 7.62. The Balaban J connectivity index is 0.000000166. The number of carbonyl (C=O) groups is 8. The minimum absolute atomic E-state index is 0.156. The van der Waals surface area contributed by atoms with Gasteiger partial charge in [-0.25, -0.2) is 37.5 Å². The van der Waals surface area contributed by atoms with Crippen molar-refractivity contribution in [2.75, 3.05) is 69.7 Å². The van der Waals surface area contributed by atoms with Crippen molar-refractivity contribution in [3.8, 4) is 0 Å². The number of likely N-dealkylation sites (tertiary alicyclic amines) is 1. The molecule has 0 saturated carbocycles. The number of nitrogens with one attached hydrogen (secondary N) is 10. The number of anilines is 8. The Kier molecular flexibility index (Phi) is 30.2. The van der Waals surface area contributed by atoms with Gasteiger partial charge in [-0.15, -0.1) is 45.3 Å². The standard InChI is InChI=1S/C22H19ClFN5O2S.2C19H15ClFN5O2S.C18H13ClFN5O2S/c23-14-4-6-18(26-12-14)28-22(31)19-17(7-10-32-19)27-21(30)15-5-3-13(11-16(15)24)20(25)29-8-1-2-9-29;2*1-23-17(22)10-2-4-12(13(21)8-10)18(27)25-14-6-7-29-16(14)19(28)26-15-5-3-11(20)9-24-15;19-10-2-4-14(23-8-10)25-18(27)15-13(5-6-28-15)24-17(26)11-3-1-9(16(21)22)7-12(11)20/h3-7,10-12,25H,1-2,8-9H2,(H,27,30)(H,26,28,31);2*2-9H,1H3,(H2,22,23)(H,25,27)(H,24,26,28);1-8H,(H3,21,22)(H,24,26)(H,23,25,27). The van der Waals surface area contributed by atoms with Crippen molar-refractivity contribution in [3.63, 3.8) is 0 Å². The average molecular weight is 1750 g/mol. The number of rotatable bonds is 20. The number of nitrogen functional groups attached to an aromatic ring is 1. The van der Waals surface area contributed by atoms with Gasteiger partial charge in [0.1, 0.15) is 89.4 Å². The Morgan fingerprint density at radius 3 is 0.864 bits per heavy atom. The Morgan fingerprint density at radius 2 is 0.619 bits per heavy atom. The first-order valence-electron chi connectivity index (χ1n) is 34.1. The molecule has 0 bridgehead atoms. The highest BCUT2D eigenvalue weighted by atomic mass is 35.5. The van der Waals surface area contributed by atoms with Gasteiger partial charge in [-0.05, 0) is 156 Å². The first kappa shape index (κ1) is 87.2. The molecule has 0 aliphatic carbocycles. The van der Waals surface area contributed by atoms with Crippen LogP contribution in [0, 0.1) is 34.1 Å². The van der Waals surface area contributed by atoms with E-state index in [2.05, 4.69) is 72.5 Å². The molecule has 12 aromatic rings. The topological polar surface area (TPSA) is 438 Å². The van der Waals surface area contributed by atoms with Crippen LogP contribution in [-0.4, -0.2) is 123 Å². The van der Waals surface area contributed by atoms with Crippen LogP contribution in [0.5, 0.6) is 0 Å². The predicted molar refractivity (Wildman–Crippen MR) is 455 cm³/mol. The minimum Gasteiger partial charge on any atom is -0.384 e. The van der Waals surface area contributed by atoms with Crippen LogP contribution in [0.15, 0.2) is 202 Å². The fraction of sp³-hybridized carbons (Fsp3) is 0.0769. The van der Waals surface area contributed by atoms with Crippen molar-refractivity contribution in [1.82, 2.24) is 24.8 Å². The first-order chi connectivity index (χ1) is 56.5. The number of amides is 8. The SMILES string of the molecule is CN=C(N)c1ccc(C(=O)Nc2ccsc2C(=O)Nc2ccc(Cl)cn2)c(F)c1.CN=C(N)c1ccc(C(=O)Nc2ccsc2C(=O)Nc2ccc(Cl)cn2)c(F)c1.N=C(N)c1ccc(C(=O)Nc2ccsc2C(=O)Nc2ccc(Cl)cn2)c(F)c1.N=C(c1ccc(C(=O)Nc2ccsc2C(=O)Nc2ccc(Cl)cn2)c(F)c1)N1CCCC1. The Labute approximate surface area is 704 Å².